The summed E-state index contributed by atoms with van der Waals surface area (Å²) in [5, 5.41) is 6.04. The Hall–Kier alpha value is -0.790. The van der Waals surface area contributed by atoms with Crippen molar-refractivity contribution in [1.29, 1.82) is 0 Å². The van der Waals surface area contributed by atoms with Gasteiger partial charge in [0.15, 0.2) is 0 Å². The maximum absolute atomic E-state index is 4.20. The van der Waals surface area contributed by atoms with Gasteiger partial charge in [0, 0.05) is 20.3 Å². The highest BCUT2D eigenvalue weighted by Gasteiger charge is 1.98. The molecular formula is C12H24N2. The van der Waals surface area contributed by atoms with Crippen LogP contribution in [-0.2, 0) is 0 Å². The van der Waals surface area contributed by atoms with Crippen LogP contribution in [-0.4, -0.2) is 25.3 Å². The van der Waals surface area contributed by atoms with Crippen molar-refractivity contribution in [3.05, 3.63) is 11.6 Å². The number of hydrogen-bond acceptors (Lipinski definition) is 2. The van der Waals surface area contributed by atoms with Crippen molar-refractivity contribution in [2.75, 3.05) is 14.1 Å². The molecule has 0 aliphatic heterocycles. The molecular weight excluding hydrogens is 172 g/mol. The number of allylic oxidation sites excluding steroid dienone is 2. The molecule has 82 valence electrons. The molecule has 0 radical (unpaired) electrons. The first kappa shape index (κ1) is 13.2. The first-order valence-corrected chi connectivity index (χ1v) is 5.35. The minimum Gasteiger partial charge on any atom is -0.303 e. The molecule has 0 saturated heterocycles. The monoisotopic (exact) mass is 196 g/mol. The zero-order chi connectivity index (χ0) is 11.0. The van der Waals surface area contributed by atoms with Gasteiger partial charge >= 0.3 is 0 Å². The summed E-state index contributed by atoms with van der Waals surface area (Å²) in [5.74, 6) is 0.731. The van der Waals surface area contributed by atoms with Crippen molar-refractivity contribution < 1.29 is 0 Å². The van der Waals surface area contributed by atoms with Crippen molar-refractivity contribution >= 4 is 6.21 Å². The van der Waals surface area contributed by atoms with Gasteiger partial charge < -0.3 is 5.01 Å². The van der Waals surface area contributed by atoms with E-state index in [4.69, 9.17) is 0 Å². The fourth-order valence-electron chi connectivity index (χ4n) is 1.16. The Morgan fingerprint density at radius 2 is 2.00 bits per heavy atom. The second-order valence-electron chi connectivity index (χ2n) is 4.34. The van der Waals surface area contributed by atoms with E-state index in [9.17, 15) is 0 Å². The summed E-state index contributed by atoms with van der Waals surface area (Å²) in [7, 11) is 3.90. The first-order chi connectivity index (χ1) is 6.52. The Balaban J connectivity index is 3.56. The Kier molecular flexibility index (Phi) is 7.17. The van der Waals surface area contributed by atoms with Gasteiger partial charge in [0.05, 0.1) is 0 Å². The third-order valence-electron chi connectivity index (χ3n) is 2.03. The Morgan fingerprint density at radius 3 is 2.50 bits per heavy atom. The van der Waals surface area contributed by atoms with Crippen LogP contribution in [0.2, 0.25) is 0 Å². The van der Waals surface area contributed by atoms with Gasteiger partial charge in [-0.05, 0) is 39.0 Å². The van der Waals surface area contributed by atoms with Gasteiger partial charge in [-0.25, -0.2) is 0 Å². The molecule has 0 N–H and O–H groups in total. The molecule has 0 saturated carbocycles. The summed E-state index contributed by atoms with van der Waals surface area (Å²) >= 11 is 0. The van der Waals surface area contributed by atoms with E-state index >= 15 is 0 Å². The second-order valence-corrected chi connectivity index (χ2v) is 4.34. The molecule has 1 unspecified atom stereocenters. The molecule has 0 rings (SSSR count). The Bertz CT molecular complexity index is 188. The van der Waals surface area contributed by atoms with E-state index in [1.54, 1.807) is 0 Å². The number of hydrogen-bond donors (Lipinski definition) is 0. The zero-order valence-electron chi connectivity index (χ0n) is 10.2. The van der Waals surface area contributed by atoms with Crippen LogP contribution in [0.4, 0.5) is 0 Å². The third-order valence-corrected chi connectivity index (χ3v) is 2.03. The molecule has 0 amide bonds. The number of rotatable bonds is 6. The van der Waals surface area contributed by atoms with Crippen LogP contribution < -0.4 is 0 Å². The highest BCUT2D eigenvalue weighted by molar-refractivity contribution is 5.56. The number of hydrazone groups is 1. The predicted octanol–water partition coefficient (Wildman–Crippen LogP) is 3.31. The molecule has 0 bridgehead atoms. The van der Waals surface area contributed by atoms with Crippen LogP contribution in [0.25, 0.3) is 0 Å². The van der Waals surface area contributed by atoms with E-state index < -0.39 is 0 Å². The van der Waals surface area contributed by atoms with E-state index in [2.05, 4.69) is 31.9 Å². The summed E-state index contributed by atoms with van der Waals surface area (Å²) in [4.78, 5) is 0. The van der Waals surface area contributed by atoms with Crippen molar-refractivity contribution in [1.82, 2.24) is 5.01 Å². The van der Waals surface area contributed by atoms with E-state index in [-0.39, 0.29) is 0 Å². The standard InChI is InChI=1S/C12H24N2/c1-11(2)7-6-8-12(3)9-10-13-14(4)5/h7,10,12H,6,8-9H2,1-5H3/b13-10+. The second kappa shape index (κ2) is 7.60. The van der Waals surface area contributed by atoms with Crippen LogP contribution in [0.5, 0.6) is 0 Å². The summed E-state index contributed by atoms with van der Waals surface area (Å²) < 4.78 is 0. The summed E-state index contributed by atoms with van der Waals surface area (Å²) in [6.07, 6.45) is 7.84. The first-order valence-electron chi connectivity index (χ1n) is 5.35. The minimum atomic E-state index is 0.731. The normalized spacial score (nSPS) is 12.9. The molecule has 0 aromatic carbocycles. The lowest BCUT2D eigenvalue weighted by atomic mass is 10.0. The van der Waals surface area contributed by atoms with Gasteiger partial charge in [-0.2, -0.15) is 5.10 Å². The third kappa shape index (κ3) is 9.30. The summed E-state index contributed by atoms with van der Waals surface area (Å²) in [5.41, 5.74) is 1.42. The van der Waals surface area contributed by atoms with Crippen LogP contribution in [0.3, 0.4) is 0 Å². The predicted molar refractivity (Wildman–Crippen MR) is 64.6 cm³/mol. The lowest BCUT2D eigenvalue weighted by molar-refractivity contribution is 0.436. The van der Waals surface area contributed by atoms with Gasteiger partial charge in [0.25, 0.3) is 0 Å². The Morgan fingerprint density at radius 1 is 1.36 bits per heavy atom. The highest BCUT2D eigenvalue weighted by atomic mass is 15.4. The van der Waals surface area contributed by atoms with E-state index in [0.29, 0.717) is 0 Å². The highest BCUT2D eigenvalue weighted by Crippen LogP contribution is 2.10. The molecule has 2 heteroatoms. The van der Waals surface area contributed by atoms with E-state index in [0.717, 1.165) is 12.3 Å². The van der Waals surface area contributed by atoms with Crippen LogP contribution in [0.15, 0.2) is 16.8 Å². The number of nitrogens with zero attached hydrogens (tertiary/aromatic N) is 2. The molecule has 0 aliphatic rings. The van der Waals surface area contributed by atoms with Crippen LogP contribution in [0.1, 0.15) is 40.0 Å². The van der Waals surface area contributed by atoms with Crippen molar-refractivity contribution in [2.24, 2.45) is 11.0 Å². The SMILES string of the molecule is CC(C)=CCCC(C)C/C=N/N(C)C. The van der Waals surface area contributed by atoms with Gasteiger partial charge in [-0.3, -0.25) is 0 Å². The minimum absolute atomic E-state index is 0.731. The van der Waals surface area contributed by atoms with Crippen LogP contribution in [0, 0.1) is 5.92 Å². The summed E-state index contributed by atoms with van der Waals surface area (Å²) in [6, 6.07) is 0. The van der Waals surface area contributed by atoms with Crippen LogP contribution >= 0.6 is 0 Å². The molecule has 2 nitrogen and oxygen atoms in total. The van der Waals surface area contributed by atoms with E-state index in [1.807, 2.05) is 25.3 Å². The quantitative estimate of drug-likeness (QED) is 0.361. The van der Waals surface area contributed by atoms with E-state index in [1.165, 1.54) is 18.4 Å². The molecule has 0 aliphatic carbocycles. The van der Waals surface area contributed by atoms with Gasteiger partial charge in [0.2, 0.25) is 0 Å². The van der Waals surface area contributed by atoms with Gasteiger partial charge in [-0.15, -0.1) is 0 Å². The lowest BCUT2D eigenvalue weighted by Crippen LogP contribution is -2.03. The molecule has 0 fully saturated rings. The fourth-order valence-corrected chi connectivity index (χ4v) is 1.16. The maximum atomic E-state index is 4.20. The smallest absolute Gasteiger partial charge is 0.0247 e. The molecule has 1 atom stereocenters. The zero-order valence-corrected chi connectivity index (χ0v) is 10.2. The Labute approximate surface area is 88.7 Å². The fraction of sp³-hybridized carbons (Fsp3) is 0.750. The van der Waals surface area contributed by atoms with Gasteiger partial charge in [-0.1, -0.05) is 18.6 Å². The van der Waals surface area contributed by atoms with Gasteiger partial charge in [0.1, 0.15) is 0 Å². The summed E-state index contributed by atoms with van der Waals surface area (Å²) in [6.45, 7) is 6.58. The average molecular weight is 196 g/mol. The molecule has 0 aromatic heterocycles. The van der Waals surface area contributed by atoms with Crippen molar-refractivity contribution in [3.63, 3.8) is 0 Å². The molecule has 14 heavy (non-hydrogen) atoms. The molecule has 0 heterocycles. The molecule has 0 spiro atoms. The maximum Gasteiger partial charge on any atom is 0.0247 e. The van der Waals surface area contributed by atoms with Crippen molar-refractivity contribution in [3.8, 4) is 0 Å². The largest absolute Gasteiger partial charge is 0.303 e. The lowest BCUT2D eigenvalue weighted by Gasteiger charge is -2.07. The topological polar surface area (TPSA) is 15.6 Å². The van der Waals surface area contributed by atoms with Crippen molar-refractivity contribution in [2.45, 2.75) is 40.0 Å². The molecule has 0 aromatic rings. The average Bonchev–Trinajstić information content (AvgIpc) is 2.02.